The highest BCUT2D eigenvalue weighted by atomic mass is 14.7. The SMILES string of the molecule is N#Cc1ccc(-c2ccc3c(-c4ccccc4)c4c(c(-c5ccccc5)c3c2)-c2ccc3c5cccc6c(-c7ccc(C#N)nc7)ccc(c7ccc-4c2c37)c65)cn1. The van der Waals surface area contributed by atoms with E-state index in [1.165, 1.54) is 92.8 Å². The molecule has 0 spiro atoms. The predicted octanol–water partition coefficient (Wildman–Crippen LogP) is 13.7. The van der Waals surface area contributed by atoms with Crippen LogP contribution in [0.4, 0.5) is 0 Å². The van der Waals surface area contributed by atoms with Gasteiger partial charge in [-0.1, -0.05) is 127 Å². The molecule has 4 heteroatoms. The Labute approximate surface area is 333 Å². The summed E-state index contributed by atoms with van der Waals surface area (Å²) in [6, 6.07) is 60.8. The van der Waals surface area contributed by atoms with Gasteiger partial charge in [-0.25, -0.2) is 9.97 Å². The van der Waals surface area contributed by atoms with Gasteiger partial charge in [0.2, 0.25) is 0 Å². The minimum atomic E-state index is 0.402. The van der Waals surface area contributed by atoms with Crippen LogP contribution < -0.4 is 0 Å². The number of pyridine rings is 2. The molecule has 0 bridgehead atoms. The number of nitriles is 2. The van der Waals surface area contributed by atoms with Gasteiger partial charge in [-0.05, 0) is 140 Å². The van der Waals surface area contributed by atoms with Crippen molar-refractivity contribution in [1.29, 1.82) is 10.5 Å². The number of benzene rings is 9. The summed E-state index contributed by atoms with van der Waals surface area (Å²) < 4.78 is 0. The number of hydrogen-bond acceptors (Lipinski definition) is 4. The molecular formula is C54H28N4. The number of fused-ring (bicyclic) bond motifs is 6. The zero-order chi connectivity index (χ0) is 38.5. The van der Waals surface area contributed by atoms with Gasteiger partial charge in [-0.15, -0.1) is 0 Å². The third-order valence-electron chi connectivity index (χ3n) is 12.2. The monoisotopic (exact) mass is 732 g/mol. The quantitative estimate of drug-likeness (QED) is 0.133. The lowest BCUT2D eigenvalue weighted by atomic mass is 9.82. The average Bonchev–Trinajstić information content (AvgIpc) is 3.63. The molecule has 9 aromatic carbocycles. The van der Waals surface area contributed by atoms with Gasteiger partial charge in [0.15, 0.2) is 0 Å². The molecule has 0 unspecified atom stereocenters. The first kappa shape index (κ1) is 32.1. The van der Waals surface area contributed by atoms with Crippen molar-refractivity contribution >= 4 is 53.9 Å². The van der Waals surface area contributed by atoms with Gasteiger partial charge < -0.3 is 0 Å². The lowest BCUT2D eigenvalue weighted by Gasteiger charge is -2.21. The first-order chi connectivity index (χ1) is 28.7. The van der Waals surface area contributed by atoms with E-state index < -0.39 is 0 Å². The van der Waals surface area contributed by atoms with Crippen molar-refractivity contribution in [1.82, 2.24) is 9.97 Å². The van der Waals surface area contributed by atoms with Gasteiger partial charge in [0.1, 0.15) is 23.5 Å². The maximum Gasteiger partial charge on any atom is 0.140 e. The molecule has 12 rings (SSSR count). The van der Waals surface area contributed by atoms with Gasteiger partial charge in [-0.2, -0.15) is 10.5 Å². The fraction of sp³-hybridized carbons (Fsp3) is 0. The minimum absolute atomic E-state index is 0.402. The van der Waals surface area contributed by atoms with Crippen LogP contribution in [-0.4, -0.2) is 9.97 Å². The third kappa shape index (κ3) is 4.43. The van der Waals surface area contributed by atoms with Crippen LogP contribution in [0.1, 0.15) is 11.4 Å². The second-order valence-electron chi connectivity index (χ2n) is 15.0. The van der Waals surface area contributed by atoms with Crippen molar-refractivity contribution in [2.24, 2.45) is 0 Å². The highest BCUT2D eigenvalue weighted by molar-refractivity contribution is 6.39. The van der Waals surface area contributed by atoms with Crippen LogP contribution in [0.2, 0.25) is 0 Å². The molecule has 58 heavy (non-hydrogen) atoms. The number of hydrogen-bond donors (Lipinski definition) is 0. The zero-order valence-electron chi connectivity index (χ0n) is 31.0. The van der Waals surface area contributed by atoms with E-state index in [0.717, 1.165) is 27.8 Å². The van der Waals surface area contributed by atoms with Crippen LogP contribution >= 0.6 is 0 Å². The summed E-state index contributed by atoms with van der Waals surface area (Å²) in [6.45, 7) is 0. The summed E-state index contributed by atoms with van der Waals surface area (Å²) in [4.78, 5) is 8.82. The highest BCUT2D eigenvalue weighted by Gasteiger charge is 2.32. The fourth-order valence-corrected chi connectivity index (χ4v) is 9.73. The summed E-state index contributed by atoms with van der Waals surface area (Å²) in [7, 11) is 0. The molecule has 0 amide bonds. The van der Waals surface area contributed by atoms with Gasteiger partial charge in [0.25, 0.3) is 0 Å². The fourth-order valence-electron chi connectivity index (χ4n) is 9.73. The van der Waals surface area contributed by atoms with Crippen LogP contribution in [0.15, 0.2) is 170 Å². The Bertz CT molecular complexity index is 3580. The number of nitrogens with zero attached hydrogens (tertiary/aromatic N) is 4. The maximum atomic E-state index is 9.45. The summed E-state index contributed by atoms with van der Waals surface area (Å²) in [5.41, 5.74) is 14.7. The van der Waals surface area contributed by atoms with Crippen molar-refractivity contribution in [2.75, 3.05) is 0 Å². The van der Waals surface area contributed by atoms with E-state index >= 15 is 0 Å². The topological polar surface area (TPSA) is 73.4 Å². The molecule has 1 aliphatic carbocycles. The van der Waals surface area contributed by atoms with Crippen LogP contribution in [0.25, 0.3) is 121 Å². The van der Waals surface area contributed by atoms with Crippen molar-refractivity contribution in [2.45, 2.75) is 0 Å². The van der Waals surface area contributed by atoms with E-state index in [0.29, 0.717) is 11.4 Å². The van der Waals surface area contributed by atoms with Crippen molar-refractivity contribution in [3.8, 4) is 78.9 Å². The zero-order valence-corrected chi connectivity index (χ0v) is 31.0. The standard InChI is InChI=1S/C54H28N4/c55-27-36-17-14-34(29-57-36)33-16-19-44-47(26-33)49(32-10-5-2-6-11-32)54-46-24-22-42-40-13-7-12-39-38(35-15-18-37(28-56)58-30-35)20-21-41(50(39)40)43-23-25-45(52(46)51(42)43)53(54)48(44)31-8-3-1-4-9-31/h1-26,29-30H. The second-order valence-corrected chi connectivity index (χ2v) is 15.0. The molecule has 1 aliphatic rings. The molecule has 11 aromatic rings. The Morgan fingerprint density at radius 2 is 0.810 bits per heavy atom. The molecule has 264 valence electrons. The van der Waals surface area contributed by atoms with E-state index in [2.05, 4.69) is 156 Å². The minimum Gasteiger partial charge on any atom is -0.245 e. The lowest BCUT2D eigenvalue weighted by Crippen LogP contribution is -1.94. The first-order valence-corrected chi connectivity index (χ1v) is 19.3. The molecule has 2 aromatic heterocycles. The van der Waals surface area contributed by atoms with Gasteiger partial charge in [-0.3, -0.25) is 0 Å². The van der Waals surface area contributed by atoms with Crippen molar-refractivity contribution < 1.29 is 0 Å². The van der Waals surface area contributed by atoms with E-state index in [1.807, 2.05) is 12.1 Å². The van der Waals surface area contributed by atoms with Crippen LogP contribution in [0.3, 0.4) is 0 Å². The van der Waals surface area contributed by atoms with Crippen molar-refractivity contribution in [3.63, 3.8) is 0 Å². The Hall–Kier alpha value is -8.18. The third-order valence-corrected chi connectivity index (χ3v) is 12.2. The van der Waals surface area contributed by atoms with Gasteiger partial charge >= 0.3 is 0 Å². The van der Waals surface area contributed by atoms with E-state index in [-0.39, 0.29) is 0 Å². The highest BCUT2D eigenvalue weighted by Crippen LogP contribution is 2.60. The number of rotatable bonds is 4. The molecule has 0 saturated heterocycles. The molecule has 4 nitrogen and oxygen atoms in total. The molecule has 0 atom stereocenters. The Morgan fingerprint density at radius 1 is 0.310 bits per heavy atom. The molecule has 0 saturated carbocycles. The van der Waals surface area contributed by atoms with Gasteiger partial charge in [0, 0.05) is 23.5 Å². The Kier molecular flexibility index (Phi) is 6.73. The summed E-state index contributed by atoms with van der Waals surface area (Å²) >= 11 is 0. The maximum absolute atomic E-state index is 9.45. The second kappa shape index (κ2) is 12.2. The first-order valence-electron chi connectivity index (χ1n) is 19.3. The normalized spacial score (nSPS) is 11.8. The Morgan fingerprint density at radius 3 is 1.40 bits per heavy atom. The molecule has 0 N–H and O–H groups in total. The summed E-state index contributed by atoms with van der Waals surface area (Å²) in [5, 5.41) is 31.1. The van der Waals surface area contributed by atoms with E-state index in [9.17, 15) is 10.5 Å². The average molecular weight is 733 g/mol. The Balaban J connectivity index is 1.21. The largest absolute Gasteiger partial charge is 0.245 e. The van der Waals surface area contributed by atoms with Crippen LogP contribution in [0, 0.1) is 22.7 Å². The number of aromatic nitrogens is 2. The lowest BCUT2D eigenvalue weighted by molar-refractivity contribution is 1.27. The van der Waals surface area contributed by atoms with E-state index in [1.54, 1.807) is 24.5 Å². The summed E-state index contributed by atoms with van der Waals surface area (Å²) in [6.07, 6.45) is 3.61. The molecule has 2 heterocycles. The van der Waals surface area contributed by atoms with Gasteiger partial charge in [0.05, 0.1) is 0 Å². The smallest absolute Gasteiger partial charge is 0.140 e. The molecule has 0 radical (unpaired) electrons. The van der Waals surface area contributed by atoms with Crippen LogP contribution in [-0.2, 0) is 0 Å². The van der Waals surface area contributed by atoms with E-state index in [4.69, 9.17) is 0 Å². The molecular weight excluding hydrogens is 705 g/mol. The summed E-state index contributed by atoms with van der Waals surface area (Å²) in [5.74, 6) is 0. The molecule has 0 fully saturated rings. The van der Waals surface area contributed by atoms with Crippen LogP contribution in [0.5, 0.6) is 0 Å². The van der Waals surface area contributed by atoms with Crippen molar-refractivity contribution in [3.05, 3.63) is 182 Å². The predicted molar refractivity (Wildman–Crippen MR) is 236 cm³/mol. The molecule has 0 aliphatic heterocycles.